The SMILES string of the molecule is C=CCN(C(=O)[C@@H]1[C@H]2C(=O)N(CCO)C(C(=O)N(CC=C)C(C)(C)CC(C)(C)C)C23CC[C@H]1S3)c1ccc(OCC)cc1. The molecule has 5 atom stereocenters. The molecule has 4 rings (SSSR count). The van der Waals surface area contributed by atoms with Crippen LogP contribution >= 0.6 is 11.8 Å². The molecule has 2 bridgehead atoms. The second-order valence-corrected chi connectivity index (χ2v) is 15.4. The van der Waals surface area contributed by atoms with E-state index in [1.165, 1.54) is 0 Å². The number of rotatable bonds is 13. The topological polar surface area (TPSA) is 90.4 Å². The molecule has 3 fully saturated rings. The number of aliphatic hydroxyl groups excluding tert-OH is 1. The molecule has 9 heteroatoms. The van der Waals surface area contributed by atoms with E-state index in [1.807, 2.05) is 36.1 Å². The van der Waals surface area contributed by atoms with Crippen molar-refractivity contribution in [1.29, 1.82) is 0 Å². The molecule has 43 heavy (non-hydrogen) atoms. The smallest absolute Gasteiger partial charge is 0.247 e. The molecule has 3 saturated heterocycles. The second-order valence-electron chi connectivity index (χ2n) is 13.8. The second kappa shape index (κ2) is 12.7. The Morgan fingerprint density at radius 3 is 2.33 bits per heavy atom. The standard InChI is InChI=1S/C34H49N3O5S/c1-9-18-35(23-12-14-24(15-13-23)42-11-3)29(39)26-25-16-17-34(43-25)27(26)30(40)36(20-21-38)28(34)31(41)37(19-10-2)33(7,8)22-32(4,5)6/h9-10,12-15,25-28,38H,1-2,11,16-22H2,3-8H3/t25-,26+,27+,28?,34?/m1/s1. The number of β-amino-alcohol motifs (C(OH)–C–C–N with tert-alkyl or cyclic N) is 1. The first-order valence-corrected chi connectivity index (χ1v) is 16.3. The predicted octanol–water partition coefficient (Wildman–Crippen LogP) is 4.92. The number of carbonyl (C=O) groups excluding carboxylic acids is 3. The summed E-state index contributed by atoms with van der Waals surface area (Å²) < 4.78 is 4.86. The number of nitrogens with zero attached hydrogens (tertiary/aromatic N) is 3. The average molecular weight is 612 g/mol. The predicted molar refractivity (Wildman–Crippen MR) is 173 cm³/mol. The van der Waals surface area contributed by atoms with Crippen LogP contribution in [0.1, 0.15) is 60.8 Å². The largest absolute Gasteiger partial charge is 0.494 e. The van der Waals surface area contributed by atoms with Crippen molar-refractivity contribution in [3.63, 3.8) is 0 Å². The van der Waals surface area contributed by atoms with Crippen molar-refractivity contribution in [3.8, 4) is 5.75 Å². The molecule has 0 aromatic heterocycles. The van der Waals surface area contributed by atoms with Crippen LogP contribution in [0.5, 0.6) is 5.75 Å². The van der Waals surface area contributed by atoms with E-state index in [-0.39, 0.29) is 41.5 Å². The number of hydrogen-bond donors (Lipinski definition) is 1. The summed E-state index contributed by atoms with van der Waals surface area (Å²) in [5.41, 5.74) is 0.173. The van der Waals surface area contributed by atoms with Gasteiger partial charge < -0.3 is 24.5 Å². The van der Waals surface area contributed by atoms with E-state index in [1.54, 1.807) is 33.7 Å². The highest BCUT2D eigenvalue weighted by atomic mass is 32.2. The van der Waals surface area contributed by atoms with Crippen LogP contribution in [0.3, 0.4) is 0 Å². The van der Waals surface area contributed by atoms with Gasteiger partial charge in [-0.15, -0.1) is 24.9 Å². The molecule has 3 aliphatic rings. The molecule has 1 N–H and O–H groups in total. The minimum absolute atomic E-state index is 0.0339. The van der Waals surface area contributed by atoms with Crippen LogP contribution in [-0.4, -0.2) is 87.1 Å². The number of fused-ring (bicyclic) bond motifs is 1. The number of aliphatic hydroxyl groups is 1. The van der Waals surface area contributed by atoms with Crippen LogP contribution in [0, 0.1) is 17.3 Å². The minimum atomic E-state index is -0.762. The van der Waals surface area contributed by atoms with Gasteiger partial charge in [-0.25, -0.2) is 0 Å². The molecule has 0 radical (unpaired) electrons. The molecule has 3 amide bonds. The van der Waals surface area contributed by atoms with Gasteiger partial charge in [-0.3, -0.25) is 14.4 Å². The Kier molecular flexibility index (Phi) is 9.77. The van der Waals surface area contributed by atoms with E-state index in [4.69, 9.17) is 4.74 Å². The molecule has 0 aliphatic carbocycles. The molecule has 0 saturated carbocycles. The van der Waals surface area contributed by atoms with Crippen LogP contribution in [0.4, 0.5) is 5.69 Å². The van der Waals surface area contributed by atoms with Gasteiger partial charge in [-0.1, -0.05) is 32.9 Å². The third-order valence-corrected chi connectivity index (χ3v) is 10.9. The van der Waals surface area contributed by atoms with Gasteiger partial charge >= 0.3 is 0 Å². The fraction of sp³-hybridized carbons (Fsp3) is 0.618. The monoisotopic (exact) mass is 611 g/mol. The Morgan fingerprint density at radius 1 is 1.12 bits per heavy atom. The number of likely N-dealkylation sites (tertiary alicyclic amines) is 1. The molecule has 1 spiro atoms. The van der Waals surface area contributed by atoms with Gasteiger partial charge in [0.25, 0.3) is 0 Å². The van der Waals surface area contributed by atoms with Gasteiger partial charge in [0.05, 0.1) is 29.8 Å². The summed E-state index contributed by atoms with van der Waals surface area (Å²) in [4.78, 5) is 48.5. The Hall–Kier alpha value is -2.78. The Bertz CT molecular complexity index is 1230. The molecular formula is C34H49N3O5S. The van der Waals surface area contributed by atoms with E-state index < -0.39 is 28.2 Å². The quantitative estimate of drug-likeness (QED) is 0.319. The first-order valence-electron chi connectivity index (χ1n) is 15.4. The Morgan fingerprint density at radius 2 is 1.77 bits per heavy atom. The van der Waals surface area contributed by atoms with Crippen molar-refractivity contribution in [2.75, 3.05) is 37.7 Å². The molecule has 236 valence electrons. The van der Waals surface area contributed by atoms with E-state index in [0.717, 1.165) is 18.6 Å². The lowest BCUT2D eigenvalue weighted by Gasteiger charge is -2.46. The average Bonchev–Trinajstić information content (AvgIpc) is 3.57. The van der Waals surface area contributed by atoms with Gasteiger partial charge in [0.2, 0.25) is 17.7 Å². The summed E-state index contributed by atoms with van der Waals surface area (Å²) in [6, 6.07) is 6.63. The summed E-state index contributed by atoms with van der Waals surface area (Å²) >= 11 is 1.64. The molecule has 8 nitrogen and oxygen atoms in total. The van der Waals surface area contributed by atoms with Gasteiger partial charge in [-0.05, 0) is 69.7 Å². The zero-order valence-electron chi connectivity index (χ0n) is 26.7. The number of thioether (sulfide) groups is 1. The van der Waals surface area contributed by atoms with Crippen LogP contribution < -0.4 is 9.64 Å². The number of ether oxygens (including phenoxy) is 1. The van der Waals surface area contributed by atoms with Gasteiger partial charge in [0, 0.05) is 36.1 Å². The minimum Gasteiger partial charge on any atom is -0.494 e. The highest BCUT2D eigenvalue weighted by Crippen LogP contribution is 2.67. The van der Waals surface area contributed by atoms with E-state index in [0.29, 0.717) is 31.8 Å². The number of benzene rings is 1. The maximum atomic E-state index is 14.7. The molecule has 1 aromatic rings. The van der Waals surface area contributed by atoms with Crippen molar-refractivity contribution in [1.82, 2.24) is 9.80 Å². The zero-order valence-corrected chi connectivity index (χ0v) is 27.5. The molecule has 1 aromatic carbocycles. The third-order valence-electron chi connectivity index (χ3n) is 8.97. The maximum Gasteiger partial charge on any atom is 0.247 e. The van der Waals surface area contributed by atoms with Gasteiger partial charge in [-0.2, -0.15) is 0 Å². The van der Waals surface area contributed by atoms with Crippen LogP contribution in [-0.2, 0) is 14.4 Å². The molecule has 3 aliphatic heterocycles. The van der Waals surface area contributed by atoms with E-state index in [9.17, 15) is 19.5 Å². The van der Waals surface area contributed by atoms with Crippen molar-refractivity contribution < 1.29 is 24.2 Å². The van der Waals surface area contributed by atoms with E-state index >= 15 is 0 Å². The first kappa shape index (κ1) is 33.1. The number of amides is 3. The Labute approximate surface area is 261 Å². The lowest BCUT2D eigenvalue weighted by atomic mass is 9.70. The zero-order chi connectivity index (χ0) is 31.7. The first-order chi connectivity index (χ1) is 20.3. The van der Waals surface area contributed by atoms with Crippen LogP contribution in [0.15, 0.2) is 49.6 Å². The Balaban J connectivity index is 1.73. The fourth-order valence-corrected chi connectivity index (χ4v) is 10.1. The van der Waals surface area contributed by atoms with Gasteiger partial charge in [0.1, 0.15) is 11.8 Å². The summed E-state index contributed by atoms with van der Waals surface area (Å²) in [7, 11) is 0. The molecular weight excluding hydrogens is 562 g/mol. The normalized spacial score (nSPS) is 26.3. The van der Waals surface area contributed by atoms with Crippen molar-refractivity contribution in [3.05, 3.63) is 49.6 Å². The van der Waals surface area contributed by atoms with E-state index in [2.05, 4.69) is 47.8 Å². The third kappa shape index (κ3) is 6.12. The fourth-order valence-electron chi connectivity index (χ4n) is 7.89. The number of hydrogen-bond acceptors (Lipinski definition) is 6. The molecule has 3 heterocycles. The number of anilines is 1. The van der Waals surface area contributed by atoms with Crippen molar-refractivity contribution in [2.24, 2.45) is 17.3 Å². The van der Waals surface area contributed by atoms with Crippen LogP contribution in [0.2, 0.25) is 0 Å². The van der Waals surface area contributed by atoms with Crippen molar-refractivity contribution in [2.45, 2.75) is 82.4 Å². The number of carbonyl (C=O) groups is 3. The van der Waals surface area contributed by atoms with Crippen molar-refractivity contribution >= 4 is 35.2 Å². The maximum absolute atomic E-state index is 14.7. The van der Waals surface area contributed by atoms with Crippen LogP contribution in [0.25, 0.3) is 0 Å². The summed E-state index contributed by atoms with van der Waals surface area (Å²) in [6.45, 7) is 21.3. The summed E-state index contributed by atoms with van der Waals surface area (Å²) in [5, 5.41) is 9.96. The lowest BCUT2D eigenvalue weighted by molar-refractivity contribution is -0.147. The summed E-state index contributed by atoms with van der Waals surface area (Å²) in [5.74, 6) is -0.971. The lowest BCUT2D eigenvalue weighted by Crippen LogP contribution is -2.60. The highest BCUT2D eigenvalue weighted by Gasteiger charge is 2.74. The highest BCUT2D eigenvalue weighted by molar-refractivity contribution is 8.02. The summed E-state index contributed by atoms with van der Waals surface area (Å²) in [6.07, 6.45) is 5.61. The van der Waals surface area contributed by atoms with Gasteiger partial charge in [0.15, 0.2) is 0 Å². The molecule has 2 unspecified atom stereocenters.